The molecule has 1 saturated carbocycles. The molecule has 1 aliphatic rings. The van der Waals surface area contributed by atoms with E-state index in [9.17, 15) is 5.11 Å². The Labute approximate surface area is 104 Å². The van der Waals surface area contributed by atoms with Gasteiger partial charge in [0.2, 0.25) is 0 Å². The lowest BCUT2D eigenvalue weighted by molar-refractivity contribution is -0.0114. The van der Waals surface area contributed by atoms with Crippen LogP contribution in [0.1, 0.15) is 45.4 Å². The first-order valence-electron chi connectivity index (χ1n) is 6.51. The summed E-state index contributed by atoms with van der Waals surface area (Å²) < 4.78 is 0. The minimum Gasteiger partial charge on any atom is -0.393 e. The van der Waals surface area contributed by atoms with Gasteiger partial charge in [0.1, 0.15) is 0 Å². The van der Waals surface area contributed by atoms with Crippen molar-refractivity contribution in [2.45, 2.75) is 51.6 Å². The molecule has 0 radical (unpaired) electrons. The fraction of sp³-hybridized carbons (Fsp3) is 1.00. The Balaban J connectivity index is 2.44. The molecule has 0 aromatic rings. The third-order valence-corrected chi connectivity index (χ3v) is 4.91. The smallest absolute Gasteiger partial charge is 0.0608 e. The molecule has 3 N–H and O–H groups in total. The van der Waals surface area contributed by atoms with E-state index >= 15 is 0 Å². The Morgan fingerprint density at radius 3 is 2.56 bits per heavy atom. The summed E-state index contributed by atoms with van der Waals surface area (Å²) in [5, 5.41) is 10.3. The number of nitrogens with two attached hydrogens (primary N) is 1. The van der Waals surface area contributed by atoms with Crippen LogP contribution in [0.2, 0.25) is 0 Å². The van der Waals surface area contributed by atoms with E-state index in [0.717, 1.165) is 37.4 Å². The van der Waals surface area contributed by atoms with E-state index < -0.39 is 0 Å². The molecule has 16 heavy (non-hydrogen) atoms. The van der Waals surface area contributed by atoms with Crippen LogP contribution in [0.25, 0.3) is 0 Å². The van der Waals surface area contributed by atoms with Crippen molar-refractivity contribution in [2.24, 2.45) is 17.1 Å². The van der Waals surface area contributed by atoms with Crippen LogP contribution in [0.5, 0.6) is 0 Å². The predicted octanol–water partition coefficient (Wildman–Crippen LogP) is 2.65. The highest BCUT2D eigenvalue weighted by Crippen LogP contribution is 2.42. The Morgan fingerprint density at radius 1 is 1.44 bits per heavy atom. The summed E-state index contributed by atoms with van der Waals surface area (Å²) in [5.74, 6) is 1.96. The molecule has 2 nitrogen and oxygen atoms in total. The molecule has 1 aliphatic carbocycles. The van der Waals surface area contributed by atoms with E-state index in [-0.39, 0.29) is 11.5 Å². The highest BCUT2D eigenvalue weighted by molar-refractivity contribution is 7.98. The first-order chi connectivity index (χ1) is 7.64. The number of rotatable bonds is 6. The molecule has 0 heterocycles. The van der Waals surface area contributed by atoms with Crippen LogP contribution < -0.4 is 5.73 Å². The maximum atomic E-state index is 10.3. The first-order valence-corrected chi connectivity index (χ1v) is 7.91. The minimum atomic E-state index is -0.183. The number of aliphatic hydroxyl groups is 1. The van der Waals surface area contributed by atoms with Crippen molar-refractivity contribution in [3.05, 3.63) is 0 Å². The first kappa shape index (κ1) is 14.3. The SMILES string of the molecule is CSCCCC(O)C1(CN)CCC(C)CC1. The van der Waals surface area contributed by atoms with Gasteiger partial charge in [0.15, 0.2) is 0 Å². The summed E-state index contributed by atoms with van der Waals surface area (Å²) in [7, 11) is 0. The van der Waals surface area contributed by atoms with Crippen molar-refractivity contribution in [1.82, 2.24) is 0 Å². The standard InChI is InChI=1S/C13H27NOS/c1-11-5-7-13(10-14,8-6-11)12(15)4-3-9-16-2/h11-12,15H,3-10,14H2,1-2H3. The molecule has 0 bridgehead atoms. The van der Waals surface area contributed by atoms with Gasteiger partial charge in [-0.15, -0.1) is 0 Å². The van der Waals surface area contributed by atoms with Crippen molar-refractivity contribution in [3.8, 4) is 0 Å². The van der Waals surface area contributed by atoms with Crippen LogP contribution in [0, 0.1) is 11.3 Å². The van der Waals surface area contributed by atoms with Gasteiger partial charge in [-0.25, -0.2) is 0 Å². The average molecular weight is 245 g/mol. The molecule has 0 aliphatic heterocycles. The van der Waals surface area contributed by atoms with Gasteiger partial charge in [0, 0.05) is 12.0 Å². The zero-order valence-corrected chi connectivity index (χ0v) is 11.6. The number of thioether (sulfide) groups is 1. The van der Waals surface area contributed by atoms with Crippen LogP contribution in [0.4, 0.5) is 0 Å². The van der Waals surface area contributed by atoms with Gasteiger partial charge in [-0.2, -0.15) is 11.8 Å². The van der Waals surface area contributed by atoms with E-state index in [1.807, 2.05) is 11.8 Å². The molecular weight excluding hydrogens is 218 g/mol. The number of aliphatic hydroxyl groups excluding tert-OH is 1. The lowest BCUT2D eigenvalue weighted by atomic mass is 9.67. The van der Waals surface area contributed by atoms with Crippen molar-refractivity contribution < 1.29 is 5.11 Å². The quantitative estimate of drug-likeness (QED) is 0.707. The monoisotopic (exact) mass is 245 g/mol. The second-order valence-corrected chi connectivity index (χ2v) is 6.39. The third-order valence-electron chi connectivity index (χ3n) is 4.21. The van der Waals surface area contributed by atoms with Crippen molar-refractivity contribution in [2.75, 3.05) is 18.6 Å². The van der Waals surface area contributed by atoms with Gasteiger partial charge in [-0.1, -0.05) is 19.8 Å². The summed E-state index contributed by atoms with van der Waals surface area (Å²) in [6.45, 7) is 2.96. The second kappa shape index (κ2) is 6.87. The zero-order chi connectivity index (χ0) is 12.0. The Morgan fingerprint density at radius 2 is 2.06 bits per heavy atom. The molecular formula is C13H27NOS. The van der Waals surface area contributed by atoms with Gasteiger partial charge in [-0.3, -0.25) is 0 Å². The predicted molar refractivity (Wildman–Crippen MR) is 72.7 cm³/mol. The fourth-order valence-corrected chi connectivity index (χ4v) is 3.19. The number of hydrogen-bond donors (Lipinski definition) is 2. The van der Waals surface area contributed by atoms with Gasteiger partial charge in [0.25, 0.3) is 0 Å². The lowest BCUT2D eigenvalue weighted by Gasteiger charge is -2.42. The van der Waals surface area contributed by atoms with Gasteiger partial charge >= 0.3 is 0 Å². The average Bonchev–Trinajstić information content (AvgIpc) is 2.31. The maximum absolute atomic E-state index is 10.3. The third kappa shape index (κ3) is 3.64. The zero-order valence-electron chi connectivity index (χ0n) is 10.7. The molecule has 0 amide bonds. The van der Waals surface area contributed by atoms with Crippen LogP contribution in [0.15, 0.2) is 0 Å². The molecule has 1 rings (SSSR count). The topological polar surface area (TPSA) is 46.2 Å². The normalized spacial score (nSPS) is 32.6. The van der Waals surface area contributed by atoms with Crippen LogP contribution in [-0.2, 0) is 0 Å². The van der Waals surface area contributed by atoms with Gasteiger partial charge in [-0.05, 0) is 43.6 Å². The van der Waals surface area contributed by atoms with Crippen molar-refractivity contribution in [3.63, 3.8) is 0 Å². The Kier molecular flexibility index (Phi) is 6.16. The molecule has 1 unspecified atom stereocenters. The maximum Gasteiger partial charge on any atom is 0.0608 e. The number of hydrogen-bond acceptors (Lipinski definition) is 3. The van der Waals surface area contributed by atoms with E-state index in [1.54, 1.807) is 0 Å². The molecule has 1 fully saturated rings. The lowest BCUT2D eigenvalue weighted by Crippen LogP contribution is -2.44. The molecule has 0 aromatic heterocycles. The van der Waals surface area contributed by atoms with Crippen LogP contribution in [0.3, 0.4) is 0 Å². The van der Waals surface area contributed by atoms with Crippen LogP contribution in [-0.4, -0.2) is 29.8 Å². The van der Waals surface area contributed by atoms with Gasteiger partial charge in [0.05, 0.1) is 6.10 Å². The van der Waals surface area contributed by atoms with Crippen molar-refractivity contribution in [1.29, 1.82) is 0 Å². The Bertz CT molecular complexity index is 190. The van der Waals surface area contributed by atoms with E-state index in [4.69, 9.17) is 5.73 Å². The van der Waals surface area contributed by atoms with E-state index in [1.165, 1.54) is 12.8 Å². The summed E-state index contributed by atoms with van der Waals surface area (Å²) in [6.07, 6.45) is 8.67. The van der Waals surface area contributed by atoms with Crippen molar-refractivity contribution >= 4 is 11.8 Å². The van der Waals surface area contributed by atoms with Gasteiger partial charge < -0.3 is 10.8 Å². The highest BCUT2D eigenvalue weighted by Gasteiger charge is 2.38. The summed E-state index contributed by atoms with van der Waals surface area (Å²) >= 11 is 1.85. The molecule has 0 saturated heterocycles. The highest BCUT2D eigenvalue weighted by atomic mass is 32.2. The Hall–Kier alpha value is 0.270. The second-order valence-electron chi connectivity index (χ2n) is 5.40. The molecule has 0 aromatic carbocycles. The fourth-order valence-electron chi connectivity index (χ4n) is 2.74. The molecule has 0 spiro atoms. The van der Waals surface area contributed by atoms with E-state index in [0.29, 0.717) is 6.54 Å². The minimum absolute atomic E-state index is 0.0327. The molecule has 1 atom stereocenters. The van der Waals surface area contributed by atoms with Crippen LogP contribution >= 0.6 is 11.8 Å². The largest absolute Gasteiger partial charge is 0.393 e. The molecule has 3 heteroatoms. The summed E-state index contributed by atoms with van der Waals surface area (Å²) in [4.78, 5) is 0. The molecule has 96 valence electrons. The van der Waals surface area contributed by atoms with E-state index in [2.05, 4.69) is 13.2 Å². The summed E-state index contributed by atoms with van der Waals surface area (Å²) in [5.41, 5.74) is 5.96. The summed E-state index contributed by atoms with van der Waals surface area (Å²) in [6, 6.07) is 0.